The molecule has 0 atom stereocenters. The van der Waals surface area contributed by atoms with Crippen LogP contribution in [0.4, 0.5) is 31.8 Å². The Morgan fingerprint density at radius 2 is 1.48 bits per heavy atom. The molecule has 4 aromatic heterocycles. The van der Waals surface area contributed by atoms with E-state index in [4.69, 9.17) is 38.3 Å². The fourth-order valence-electron chi connectivity index (χ4n) is 7.80. The zero-order valence-electron chi connectivity index (χ0n) is 34.6. The third-order valence-electron chi connectivity index (χ3n) is 11.6. The van der Waals surface area contributed by atoms with Crippen molar-refractivity contribution in [2.45, 2.75) is 45.6 Å². The van der Waals surface area contributed by atoms with Gasteiger partial charge in [0, 0.05) is 58.6 Å². The molecule has 15 heteroatoms. The highest BCUT2D eigenvalue weighted by atomic mass is 35.5. The first-order valence-electron chi connectivity index (χ1n) is 20.3. The number of halogens is 4. The Hall–Kier alpha value is -6.72. The van der Waals surface area contributed by atoms with Crippen molar-refractivity contribution in [2.24, 2.45) is 5.41 Å². The molecule has 0 spiro atoms. The quantitative estimate of drug-likeness (QED) is 0.113. The maximum absolute atomic E-state index is 13.6. The predicted octanol–water partition coefficient (Wildman–Crippen LogP) is 10.3. The van der Waals surface area contributed by atoms with Gasteiger partial charge in [-0.3, -0.25) is 4.40 Å². The average Bonchev–Trinajstić information content (AvgIpc) is 3.91. The third kappa shape index (κ3) is 7.44. The lowest BCUT2D eigenvalue weighted by Crippen LogP contribution is -2.32. The standard InChI is InChI=1S/C48H39Cl2F2N10O/c1-48(2,45(51)52)19-18-28-6-5-7-35(20-28)58(3)43-38-16-14-33(49)23-40(38)60-27-61(57-47(60)54-43)37-22-32(31-12-10-30(11-13-31)29-8-9-29)21-36(25-37)59(4)44-39-17-15-34(50)24-41(39)62-42(26-63)55-56-46(62)53-44/h5-7,10-17,20-25,27,29,45,63H,8-9,26H2,1-4H3/q+1. The molecule has 9 aromatic rings. The van der Waals surface area contributed by atoms with Crippen LogP contribution in [0.15, 0.2) is 109 Å². The van der Waals surface area contributed by atoms with Gasteiger partial charge < -0.3 is 14.9 Å². The molecule has 4 heterocycles. The van der Waals surface area contributed by atoms with Gasteiger partial charge in [-0.2, -0.15) is 14.4 Å². The summed E-state index contributed by atoms with van der Waals surface area (Å²) in [6, 6.07) is 33.6. The van der Waals surface area contributed by atoms with Gasteiger partial charge in [0.1, 0.15) is 17.9 Å². The summed E-state index contributed by atoms with van der Waals surface area (Å²) in [5.74, 6) is 8.61. The largest absolute Gasteiger partial charge is 0.388 e. The van der Waals surface area contributed by atoms with Gasteiger partial charge >= 0.3 is 5.78 Å². The first kappa shape index (κ1) is 40.4. The molecule has 11 nitrogen and oxygen atoms in total. The Balaban J connectivity index is 1.11. The van der Waals surface area contributed by atoms with Gasteiger partial charge in [-0.05, 0) is 115 Å². The van der Waals surface area contributed by atoms with Crippen LogP contribution in [0, 0.1) is 17.3 Å². The molecule has 0 radical (unpaired) electrons. The first-order chi connectivity index (χ1) is 30.3. The van der Waals surface area contributed by atoms with Gasteiger partial charge in [0.05, 0.1) is 16.3 Å². The molecule has 5 aromatic carbocycles. The maximum atomic E-state index is 13.6. The van der Waals surface area contributed by atoms with Gasteiger partial charge in [0.25, 0.3) is 18.5 Å². The minimum atomic E-state index is -2.58. The molecule has 0 amide bonds. The van der Waals surface area contributed by atoms with E-state index >= 15 is 0 Å². The minimum absolute atomic E-state index is 0.318. The lowest BCUT2D eigenvalue weighted by molar-refractivity contribution is -0.655. The Morgan fingerprint density at radius 1 is 0.794 bits per heavy atom. The van der Waals surface area contributed by atoms with Gasteiger partial charge in [0.15, 0.2) is 17.3 Å². The molecule has 0 aliphatic heterocycles. The summed E-state index contributed by atoms with van der Waals surface area (Å²) in [4.78, 5) is 14.0. The van der Waals surface area contributed by atoms with Crippen LogP contribution in [-0.2, 0) is 6.61 Å². The number of nitrogens with zero attached hydrogens (tertiary/aromatic N) is 10. The van der Waals surface area contributed by atoms with Crippen LogP contribution in [0.25, 0.3) is 50.2 Å². The number of alkyl halides is 2. The van der Waals surface area contributed by atoms with Gasteiger partial charge in [-0.25, -0.2) is 8.78 Å². The predicted molar refractivity (Wildman–Crippen MR) is 243 cm³/mol. The lowest BCUT2D eigenvalue weighted by Gasteiger charge is -2.22. The molecule has 1 N–H and O–H groups in total. The molecule has 314 valence electrons. The fraction of sp³-hybridized carbons (Fsp3) is 0.208. The lowest BCUT2D eigenvalue weighted by atomic mass is 9.95. The Labute approximate surface area is 370 Å². The summed E-state index contributed by atoms with van der Waals surface area (Å²) in [5.41, 5.74) is 6.30. The highest BCUT2D eigenvalue weighted by Gasteiger charge is 2.28. The summed E-state index contributed by atoms with van der Waals surface area (Å²) in [7, 11) is 3.84. The molecule has 1 fully saturated rings. The van der Waals surface area contributed by atoms with Gasteiger partial charge in [0.2, 0.25) is 0 Å². The van der Waals surface area contributed by atoms with E-state index in [9.17, 15) is 13.9 Å². The van der Waals surface area contributed by atoms with Crippen molar-refractivity contribution in [3.05, 3.63) is 136 Å². The molecule has 10 rings (SSSR count). The number of hydrogen-bond donors (Lipinski definition) is 1. The molecule has 1 aliphatic rings. The smallest absolute Gasteiger partial charge is 0.365 e. The summed E-state index contributed by atoms with van der Waals surface area (Å²) >= 11 is 13.2. The number of aliphatic hydroxyl groups is 1. The second-order valence-corrected chi connectivity index (χ2v) is 17.3. The number of aromatic nitrogens is 8. The van der Waals surface area contributed by atoms with Crippen LogP contribution in [0.2, 0.25) is 10.0 Å². The van der Waals surface area contributed by atoms with Crippen molar-refractivity contribution in [3.8, 4) is 28.7 Å². The number of anilines is 4. The van der Waals surface area contributed by atoms with E-state index in [2.05, 4.69) is 58.4 Å². The van der Waals surface area contributed by atoms with Crippen molar-refractivity contribution in [1.29, 1.82) is 0 Å². The summed E-state index contributed by atoms with van der Waals surface area (Å²) in [6.07, 6.45) is 1.74. The summed E-state index contributed by atoms with van der Waals surface area (Å²) in [6.45, 7) is 2.54. The second-order valence-electron chi connectivity index (χ2n) is 16.4. The van der Waals surface area contributed by atoms with Crippen molar-refractivity contribution in [1.82, 2.24) is 34.1 Å². The molecule has 63 heavy (non-hydrogen) atoms. The Morgan fingerprint density at radius 3 is 2.17 bits per heavy atom. The van der Waals surface area contributed by atoms with Crippen LogP contribution in [0.5, 0.6) is 0 Å². The number of benzene rings is 5. The van der Waals surface area contributed by atoms with E-state index in [1.54, 1.807) is 15.1 Å². The first-order valence-corrected chi connectivity index (χ1v) is 21.1. The summed E-state index contributed by atoms with van der Waals surface area (Å²) < 4.78 is 32.6. The molecular weight excluding hydrogens is 841 g/mol. The molecular formula is C48H39Cl2F2N10O+. The van der Waals surface area contributed by atoms with Crippen LogP contribution >= 0.6 is 23.2 Å². The van der Waals surface area contributed by atoms with Crippen molar-refractivity contribution < 1.29 is 18.6 Å². The van der Waals surface area contributed by atoms with Crippen molar-refractivity contribution >= 4 is 79.6 Å². The van der Waals surface area contributed by atoms with Crippen molar-refractivity contribution in [3.63, 3.8) is 0 Å². The average molecular weight is 881 g/mol. The SMILES string of the molecule is CN(c1cccc(C#CC(C)(C)C(F)F)c1)c1nc2n[n+](-c3cc(-c4ccc(C5CC5)cc4)cc(N(C)c4nc5nnc(CO)n5c5cc(Cl)ccc45)c3)cn2c2cc(Cl)ccc12. The zero-order chi connectivity index (χ0) is 43.7. The van der Waals surface area contributed by atoms with E-state index in [0.29, 0.717) is 56.1 Å². The Kier molecular flexibility index (Phi) is 9.97. The van der Waals surface area contributed by atoms with Gasteiger partial charge in [-0.1, -0.05) is 70.1 Å². The topological polar surface area (TPSA) is 104 Å². The van der Waals surface area contributed by atoms with Gasteiger partial charge in [-0.15, -0.1) is 10.2 Å². The monoisotopic (exact) mass is 879 g/mol. The van der Waals surface area contributed by atoms with E-state index in [0.717, 1.165) is 44.5 Å². The van der Waals surface area contributed by atoms with Crippen LogP contribution in [0.3, 0.4) is 0 Å². The summed E-state index contributed by atoms with van der Waals surface area (Å²) in [5, 5.41) is 26.3. The second kappa shape index (κ2) is 15.6. The molecule has 0 unspecified atom stereocenters. The minimum Gasteiger partial charge on any atom is -0.388 e. The molecule has 1 aliphatic carbocycles. The van der Waals surface area contributed by atoms with E-state index in [-0.39, 0.29) is 6.61 Å². The van der Waals surface area contributed by atoms with Crippen LogP contribution in [-0.4, -0.2) is 59.7 Å². The van der Waals surface area contributed by atoms with E-state index < -0.39 is 11.8 Å². The molecule has 0 saturated heterocycles. The van der Waals surface area contributed by atoms with Crippen LogP contribution in [0.1, 0.15) is 49.6 Å². The van der Waals surface area contributed by atoms with E-state index in [1.807, 2.05) is 95.3 Å². The number of rotatable bonds is 9. The zero-order valence-corrected chi connectivity index (χ0v) is 36.1. The molecule has 0 bridgehead atoms. The third-order valence-corrected chi connectivity index (χ3v) is 12.1. The number of hydrogen-bond acceptors (Lipinski definition) is 8. The normalized spacial score (nSPS) is 13.0. The fourth-order valence-corrected chi connectivity index (χ4v) is 8.13. The molecule has 1 saturated carbocycles. The van der Waals surface area contributed by atoms with Crippen molar-refractivity contribution in [2.75, 3.05) is 23.9 Å². The van der Waals surface area contributed by atoms with Crippen LogP contribution < -0.4 is 14.5 Å². The highest BCUT2D eigenvalue weighted by molar-refractivity contribution is 6.31. The van der Waals surface area contributed by atoms with E-state index in [1.165, 1.54) is 32.3 Å². The highest BCUT2D eigenvalue weighted by Crippen LogP contribution is 2.41. The Bertz CT molecular complexity index is 3340. The maximum Gasteiger partial charge on any atom is 0.365 e. The number of aliphatic hydroxyl groups excluding tert-OH is 1. The number of fused-ring (bicyclic) bond motifs is 6.